The second-order valence-electron chi connectivity index (χ2n) is 12.6. The van der Waals surface area contributed by atoms with Gasteiger partial charge < -0.3 is 20.3 Å². The Morgan fingerprint density at radius 1 is 1.15 bits per heavy atom. The van der Waals surface area contributed by atoms with Gasteiger partial charge in [-0.1, -0.05) is 30.3 Å². The third kappa shape index (κ3) is 7.33. The molecule has 2 aliphatic carbocycles. The Morgan fingerprint density at radius 3 is 2.54 bits per heavy atom. The van der Waals surface area contributed by atoms with Crippen molar-refractivity contribution in [2.75, 3.05) is 18.5 Å². The lowest BCUT2D eigenvalue weighted by atomic mass is 9.81. The molecular weight excluding hydrogens is 613 g/mol. The van der Waals surface area contributed by atoms with Crippen LogP contribution in [0.15, 0.2) is 36.5 Å². The molecule has 3 aromatic rings. The average Bonchev–Trinajstić information content (AvgIpc) is 3.79. The molecule has 2 N–H and O–H groups in total. The number of alkyl carbamates (subject to hydrolysis) is 1. The van der Waals surface area contributed by atoms with E-state index < -0.39 is 48.5 Å². The summed E-state index contributed by atoms with van der Waals surface area (Å²) in [6, 6.07) is 8.47. The van der Waals surface area contributed by atoms with Crippen molar-refractivity contribution in [3.63, 3.8) is 0 Å². The van der Waals surface area contributed by atoms with Crippen molar-refractivity contribution in [3.8, 4) is 0 Å². The summed E-state index contributed by atoms with van der Waals surface area (Å²) in [4.78, 5) is 36.9. The number of hydrogen-bond acceptors (Lipinski definition) is 7. The molecule has 3 atom stereocenters. The molecule has 0 bridgehead atoms. The zero-order chi connectivity index (χ0) is 32.6. The van der Waals surface area contributed by atoms with E-state index in [2.05, 4.69) is 20.7 Å². The van der Waals surface area contributed by atoms with Gasteiger partial charge in [0.15, 0.2) is 5.82 Å². The number of ether oxygens (including phenoxy) is 1. The molecule has 3 fully saturated rings. The molecule has 10 nitrogen and oxygen atoms in total. The van der Waals surface area contributed by atoms with Gasteiger partial charge in [0, 0.05) is 44.8 Å². The molecule has 2 amide bonds. The lowest BCUT2D eigenvalue weighted by molar-refractivity contribution is -0.183. The van der Waals surface area contributed by atoms with Crippen LogP contribution in [0.25, 0.3) is 5.78 Å². The lowest BCUT2D eigenvalue weighted by Crippen LogP contribution is -2.47. The van der Waals surface area contributed by atoms with Crippen molar-refractivity contribution in [2.24, 2.45) is 17.8 Å². The number of carbonyl (C=O) groups excluding carboxylic acids is 2. The van der Waals surface area contributed by atoms with Gasteiger partial charge in [-0.2, -0.15) is 23.3 Å². The quantitative estimate of drug-likeness (QED) is 0.300. The zero-order valence-electron chi connectivity index (χ0n) is 25.3. The van der Waals surface area contributed by atoms with E-state index in [0.717, 1.165) is 18.4 Å². The Bertz CT molecular complexity index is 1550. The number of fused-ring (bicyclic) bond motifs is 1. The van der Waals surface area contributed by atoms with Gasteiger partial charge in [0.2, 0.25) is 11.8 Å². The minimum atomic E-state index is -4.44. The molecule has 6 rings (SSSR count). The van der Waals surface area contributed by atoms with E-state index in [1.54, 1.807) is 6.20 Å². The molecular formula is C31H36F5N7O3. The summed E-state index contributed by atoms with van der Waals surface area (Å²) in [6.07, 6.45) is -2.62. The maximum absolute atomic E-state index is 14.1. The van der Waals surface area contributed by atoms with Crippen molar-refractivity contribution in [2.45, 2.75) is 82.2 Å². The molecule has 46 heavy (non-hydrogen) atoms. The highest BCUT2D eigenvalue weighted by Crippen LogP contribution is 2.42. The number of carbonyl (C=O) groups is 2. The summed E-state index contributed by atoms with van der Waals surface area (Å²) in [5.74, 6) is -5.66. The lowest BCUT2D eigenvalue weighted by Gasteiger charge is -2.33. The van der Waals surface area contributed by atoms with Crippen LogP contribution in [0.5, 0.6) is 0 Å². The number of benzene rings is 1. The van der Waals surface area contributed by atoms with E-state index in [9.17, 15) is 31.5 Å². The van der Waals surface area contributed by atoms with Gasteiger partial charge in [-0.25, -0.2) is 23.1 Å². The van der Waals surface area contributed by atoms with Crippen LogP contribution in [0.2, 0.25) is 0 Å². The topological polar surface area (TPSA) is 114 Å². The Kier molecular flexibility index (Phi) is 8.77. The predicted octanol–water partition coefficient (Wildman–Crippen LogP) is 5.37. The van der Waals surface area contributed by atoms with E-state index >= 15 is 0 Å². The van der Waals surface area contributed by atoms with Crippen molar-refractivity contribution in [1.29, 1.82) is 0 Å². The fourth-order valence-corrected chi connectivity index (χ4v) is 6.34. The van der Waals surface area contributed by atoms with Crippen molar-refractivity contribution in [1.82, 2.24) is 30.2 Å². The summed E-state index contributed by atoms with van der Waals surface area (Å²) in [7, 11) is 1.82. The number of imidazole rings is 1. The predicted molar refractivity (Wildman–Crippen MR) is 156 cm³/mol. The van der Waals surface area contributed by atoms with Gasteiger partial charge >= 0.3 is 12.3 Å². The third-order valence-corrected chi connectivity index (χ3v) is 9.21. The van der Waals surface area contributed by atoms with Crippen LogP contribution in [0, 0.1) is 17.8 Å². The van der Waals surface area contributed by atoms with Gasteiger partial charge in [0.1, 0.15) is 12.3 Å². The molecule has 0 radical (unpaired) electrons. The summed E-state index contributed by atoms with van der Waals surface area (Å²) < 4.78 is 75.5. The van der Waals surface area contributed by atoms with Crippen molar-refractivity contribution < 1.29 is 36.3 Å². The van der Waals surface area contributed by atoms with Crippen LogP contribution in [0.3, 0.4) is 0 Å². The molecule has 2 saturated carbocycles. The van der Waals surface area contributed by atoms with Gasteiger partial charge in [-0.3, -0.25) is 4.79 Å². The number of hydrogen-bond donors (Lipinski definition) is 2. The van der Waals surface area contributed by atoms with Crippen molar-refractivity contribution >= 4 is 23.6 Å². The molecule has 1 saturated heterocycles. The number of amides is 2. The highest BCUT2D eigenvalue weighted by Gasteiger charge is 2.45. The standard InChI is InChI=1S/C31H36F5N7O3/c1-42(22-7-8-22)26-23(14-20-13-21(31(34,35)36)15-37-27(20)44)41-43-16-24(38-28(43)40-26)25(19-9-11-30(32,33)12-10-19)39-29(45)46-17-18-5-3-2-4-6-18/h2-6,16,19-22,25H,7-15,17H2,1H3,(H,37,44)(H,39,45)/t20-,21-,25+/m1/s1. The fourth-order valence-electron chi connectivity index (χ4n) is 6.34. The summed E-state index contributed by atoms with van der Waals surface area (Å²) in [5, 5.41) is 9.88. The molecule has 2 aromatic heterocycles. The zero-order valence-corrected chi connectivity index (χ0v) is 25.3. The number of piperidine rings is 1. The van der Waals surface area contributed by atoms with E-state index in [1.807, 2.05) is 42.3 Å². The molecule has 248 valence electrons. The SMILES string of the molecule is CN(c1nc2nc([C@@H](NC(=O)OCc3ccccc3)C3CCC(F)(F)CC3)cn2nc1C[C@H]1C[C@@H](C(F)(F)F)CNC1=O)C1CC1. The Balaban J connectivity index is 1.29. The molecule has 0 unspecified atom stereocenters. The molecule has 0 spiro atoms. The van der Waals surface area contributed by atoms with E-state index in [0.29, 0.717) is 17.2 Å². The van der Waals surface area contributed by atoms with Gasteiger partial charge in [0.05, 0.1) is 23.9 Å². The Morgan fingerprint density at radius 2 is 1.87 bits per heavy atom. The first-order valence-corrected chi connectivity index (χ1v) is 15.5. The minimum absolute atomic E-state index is 0.0145. The molecule has 1 aromatic carbocycles. The first-order chi connectivity index (χ1) is 21.9. The number of aromatic nitrogens is 4. The monoisotopic (exact) mass is 649 g/mol. The van der Waals surface area contributed by atoms with Crippen LogP contribution in [0.4, 0.5) is 32.6 Å². The molecule has 3 aliphatic rings. The molecule has 3 heterocycles. The van der Waals surface area contributed by atoms with Crippen LogP contribution < -0.4 is 15.5 Å². The normalized spacial score (nSPS) is 22.7. The highest BCUT2D eigenvalue weighted by atomic mass is 19.4. The first-order valence-electron chi connectivity index (χ1n) is 15.5. The number of nitrogens with zero attached hydrogens (tertiary/aromatic N) is 5. The van der Waals surface area contributed by atoms with Crippen LogP contribution in [-0.2, 0) is 22.6 Å². The van der Waals surface area contributed by atoms with E-state index in [1.165, 1.54) is 4.52 Å². The van der Waals surface area contributed by atoms with Crippen molar-refractivity contribution in [3.05, 3.63) is 53.5 Å². The van der Waals surface area contributed by atoms with Gasteiger partial charge in [0.25, 0.3) is 5.78 Å². The average molecular weight is 650 g/mol. The van der Waals surface area contributed by atoms with Crippen LogP contribution >= 0.6 is 0 Å². The number of halogens is 5. The number of anilines is 1. The summed E-state index contributed by atoms with van der Waals surface area (Å²) >= 11 is 0. The Labute approximate surface area is 262 Å². The summed E-state index contributed by atoms with van der Waals surface area (Å²) in [6.45, 7) is -0.445. The van der Waals surface area contributed by atoms with E-state index in [4.69, 9.17) is 9.72 Å². The van der Waals surface area contributed by atoms with E-state index in [-0.39, 0.29) is 62.9 Å². The first kappa shape index (κ1) is 31.9. The number of alkyl halides is 5. The van der Waals surface area contributed by atoms with Crippen LogP contribution in [0.1, 0.15) is 67.9 Å². The van der Waals surface area contributed by atoms with Crippen LogP contribution in [-0.4, -0.2) is 63.3 Å². The largest absolute Gasteiger partial charge is 0.445 e. The third-order valence-electron chi connectivity index (χ3n) is 9.21. The maximum atomic E-state index is 14.1. The highest BCUT2D eigenvalue weighted by molar-refractivity contribution is 5.80. The number of rotatable bonds is 9. The summed E-state index contributed by atoms with van der Waals surface area (Å²) in [5.41, 5.74) is 1.47. The molecule has 15 heteroatoms. The minimum Gasteiger partial charge on any atom is -0.445 e. The Hall–Kier alpha value is -4.04. The maximum Gasteiger partial charge on any atom is 0.408 e. The smallest absolute Gasteiger partial charge is 0.408 e. The number of nitrogens with one attached hydrogen (secondary N) is 2. The fraction of sp³-hybridized carbons (Fsp3) is 0.581. The molecule has 1 aliphatic heterocycles. The van der Waals surface area contributed by atoms with Gasteiger partial charge in [-0.15, -0.1) is 0 Å². The van der Waals surface area contributed by atoms with Gasteiger partial charge in [-0.05, 0) is 43.6 Å². The second kappa shape index (κ2) is 12.6. The second-order valence-corrected chi connectivity index (χ2v) is 12.6.